The Hall–Kier alpha value is -0.260. The number of rotatable bonds is 18. The number of hydrogen-bond donors (Lipinski definition) is 4. The molecule has 10 heteroatoms. The van der Waals surface area contributed by atoms with E-state index in [0.717, 1.165) is 51.4 Å². The van der Waals surface area contributed by atoms with Crippen molar-refractivity contribution in [2.24, 2.45) is 0 Å². The van der Waals surface area contributed by atoms with E-state index >= 15 is 0 Å². The van der Waals surface area contributed by atoms with Crippen LogP contribution in [0.4, 0.5) is 0 Å². The third kappa shape index (κ3) is 30.5. The Kier molecular flexibility index (Phi) is 30.9. The Morgan fingerprint density at radius 3 is 1.50 bits per heavy atom. The molecule has 0 aromatic carbocycles. The molecule has 0 radical (unpaired) electrons. The minimum atomic E-state index is -0.740. The molecule has 0 unspecified atom stereocenters. The summed E-state index contributed by atoms with van der Waals surface area (Å²) < 4.78 is 0. The number of aliphatic hydroxyl groups is 2. The van der Waals surface area contributed by atoms with E-state index in [0.29, 0.717) is 6.54 Å². The molecule has 4 N–H and O–H groups in total. The molecule has 0 saturated heterocycles. The predicted molar refractivity (Wildman–Crippen MR) is 101 cm³/mol. The molecule has 0 aromatic rings. The minimum absolute atomic E-state index is 0. The molecular formula is C18H38NNaO8. The Labute approximate surface area is 191 Å². The molecule has 0 atom stereocenters. The SMILES string of the molecule is CCCCN(OCCO)OCCO.O=C(O)CCCCCCCCC(=O)O.[H-].[Na+]. The Morgan fingerprint density at radius 2 is 1.18 bits per heavy atom. The predicted octanol–water partition coefficient (Wildman–Crippen LogP) is -0.671. The van der Waals surface area contributed by atoms with E-state index in [1.54, 1.807) is 0 Å². The van der Waals surface area contributed by atoms with Gasteiger partial charge >= 0.3 is 41.5 Å². The summed E-state index contributed by atoms with van der Waals surface area (Å²) in [7, 11) is 0. The van der Waals surface area contributed by atoms with E-state index in [-0.39, 0.29) is 70.3 Å². The van der Waals surface area contributed by atoms with Gasteiger partial charge in [0.05, 0.1) is 33.0 Å². The Balaban J connectivity index is -0.000000202. The van der Waals surface area contributed by atoms with Crippen LogP contribution in [0.2, 0.25) is 0 Å². The second kappa shape index (κ2) is 26.7. The molecule has 0 saturated carbocycles. The number of aliphatic hydroxyl groups excluding tert-OH is 2. The van der Waals surface area contributed by atoms with Crippen LogP contribution in [0, 0.1) is 0 Å². The van der Waals surface area contributed by atoms with Gasteiger partial charge in [-0.2, -0.15) is 0 Å². The minimum Gasteiger partial charge on any atom is -1.00 e. The van der Waals surface area contributed by atoms with E-state index < -0.39 is 11.9 Å². The van der Waals surface area contributed by atoms with Crippen molar-refractivity contribution >= 4 is 11.9 Å². The molecule has 0 amide bonds. The summed E-state index contributed by atoms with van der Waals surface area (Å²) in [4.78, 5) is 30.4. The first-order valence-corrected chi connectivity index (χ1v) is 9.66. The topological polar surface area (TPSA) is 137 Å². The summed E-state index contributed by atoms with van der Waals surface area (Å²) in [5.74, 6) is -1.48. The molecule has 0 aliphatic heterocycles. The molecule has 0 fully saturated rings. The third-order valence-corrected chi connectivity index (χ3v) is 3.38. The number of hydroxylamine groups is 2. The zero-order valence-corrected chi connectivity index (χ0v) is 19.5. The molecule has 164 valence electrons. The van der Waals surface area contributed by atoms with Crippen molar-refractivity contribution in [1.82, 2.24) is 5.23 Å². The van der Waals surface area contributed by atoms with Crippen molar-refractivity contribution in [2.45, 2.75) is 71.1 Å². The number of nitrogens with zero attached hydrogens (tertiary/aromatic N) is 1. The van der Waals surface area contributed by atoms with Gasteiger partial charge in [0.25, 0.3) is 0 Å². The quantitative estimate of drug-likeness (QED) is 0.129. The summed E-state index contributed by atoms with van der Waals surface area (Å²) in [5.41, 5.74) is 0. The van der Waals surface area contributed by atoms with E-state index in [1.807, 2.05) is 0 Å². The monoisotopic (exact) mass is 419 g/mol. The third-order valence-electron chi connectivity index (χ3n) is 3.38. The summed E-state index contributed by atoms with van der Waals surface area (Å²) >= 11 is 0. The summed E-state index contributed by atoms with van der Waals surface area (Å²) in [5, 5.41) is 35.0. The first-order chi connectivity index (χ1) is 13.0. The molecule has 0 rings (SSSR count). The van der Waals surface area contributed by atoms with Gasteiger partial charge in [-0.3, -0.25) is 19.3 Å². The van der Waals surface area contributed by atoms with E-state index in [4.69, 9.17) is 30.1 Å². The maximum absolute atomic E-state index is 10.1. The average Bonchev–Trinajstić information content (AvgIpc) is 2.63. The van der Waals surface area contributed by atoms with Crippen molar-refractivity contribution in [3.8, 4) is 0 Å². The molecule has 0 spiro atoms. The largest absolute Gasteiger partial charge is 1.00 e. The summed E-state index contributed by atoms with van der Waals surface area (Å²) in [6.07, 6.45) is 7.82. The maximum atomic E-state index is 10.1. The molecular weight excluding hydrogens is 381 g/mol. The number of carboxylic acid groups (broad SMARTS) is 2. The number of carbonyl (C=O) groups is 2. The number of carboxylic acids is 2. The van der Waals surface area contributed by atoms with Crippen LogP contribution in [-0.2, 0) is 19.3 Å². The average molecular weight is 419 g/mol. The van der Waals surface area contributed by atoms with Gasteiger partial charge in [-0.1, -0.05) is 44.3 Å². The molecule has 0 heterocycles. The van der Waals surface area contributed by atoms with E-state index in [1.165, 1.54) is 5.23 Å². The van der Waals surface area contributed by atoms with Gasteiger partial charge in [0.1, 0.15) is 0 Å². The van der Waals surface area contributed by atoms with Crippen molar-refractivity contribution in [3.63, 3.8) is 0 Å². The van der Waals surface area contributed by atoms with Gasteiger partial charge < -0.3 is 21.9 Å². The van der Waals surface area contributed by atoms with Crippen LogP contribution in [0.15, 0.2) is 0 Å². The summed E-state index contributed by atoms with van der Waals surface area (Å²) in [6, 6.07) is 0. The Morgan fingerprint density at radius 1 is 0.786 bits per heavy atom. The van der Waals surface area contributed by atoms with Crippen molar-refractivity contribution in [3.05, 3.63) is 0 Å². The molecule has 0 aliphatic carbocycles. The van der Waals surface area contributed by atoms with Crippen LogP contribution >= 0.6 is 0 Å². The fraction of sp³-hybridized carbons (Fsp3) is 0.889. The zero-order valence-electron chi connectivity index (χ0n) is 18.5. The second-order valence-electron chi connectivity index (χ2n) is 5.93. The normalized spacial score (nSPS) is 10.1. The fourth-order valence-electron chi connectivity index (χ4n) is 2.00. The van der Waals surface area contributed by atoms with Crippen molar-refractivity contribution in [2.75, 3.05) is 33.0 Å². The van der Waals surface area contributed by atoms with Crippen molar-refractivity contribution < 1.29 is 70.7 Å². The maximum Gasteiger partial charge on any atom is 1.00 e. The van der Waals surface area contributed by atoms with Gasteiger partial charge in [-0.05, 0) is 19.3 Å². The number of unbranched alkanes of at least 4 members (excludes halogenated alkanes) is 6. The number of hydrogen-bond acceptors (Lipinski definition) is 7. The standard InChI is InChI=1S/C10H18O4.C8H19NO4.Na.H/c11-9(12)7-5-3-1-2-4-6-8-10(13)14;1-2-3-4-9(12-7-5-10)13-8-6-11;;/h1-8H2,(H,11,12)(H,13,14);10-11H,2-8H2,1H3;;/q;;+1;-1. The van der Waals surface area contributed by atoms with Crippen LogP contribution in [-0.4, -0.2) is 70.6 Å². The molecule has 0 bridgehead atoms. The van der Waals surface area contributed by atoms with Gasteiger partial charge in [0.2, 0.25) is 0 Å². The molecule has 28 heavy (non-hydrogen) atoms. The number of aliphatic carboxylic acids is 2. The van der Waals surface area contributed by atoms with Gasteiger partial charge in [-0.25, -0.2) is 0 Å². The van der Waals surface area contributed by atoms with Crippen LogP contribution in [0.5, 0.6) is 0 Å². The van der Waals surface area contributed by atoms with Crippen LogP contribution in [0.3, 0.4) is 0 Å². The van der Waals surface area contributed by atoms with Crippen LogP contribution in [0.25, 0.3) is 0 Å². The first-order valence-electron chi connectivity index (χ1n) is 9.66. The Bertz CT molecular complexity index is 315. The molecule has 0 aliphatic rings. The van der Waals surface area contributed by atoms with Gasteiger partial charge in [-0.15, -0.1) is 0 Å². The van der Waals surface area contributed by atoms with E-state index in [2.05, 4.69) is 6.92 Å². The summed E-state index contributed by atoms with van der Waals surface area (Å²) in [6.45, 7) is 3.08. The van der Waals surface area contributed by atoms with Gasteiger partial charge in [0, 0.05) is 12.8 Å². The van der Waals surface area contributed by atoms with Crippen LogP contribution in [0.1, 0.15) is 72.6 Å². The smallest absolute Gasteiger partial charge is 1.00 e. The van der Waals surface area contributed by atoms with Crippen LogP contribution < -0.4 is 29.6 Å². The van der Waals surface area contributed by atoms with E-state index in [9.17, 15) is 9.59 Å². The molecule has 9 nitrogen and oxygen atoms in total. The second-order valence-corrected chi connectivity index (χ2v) is 5.93. The first kappa shape index (κ1) is 32.4. The zero-order chi connectivity index (χ0) is 20.8. The fourth-order valence-corrected chi connectivity index (χ4v) is 2.00. The molecule has 0 aromatic heterocycles. The van der Waals surface area contributed by atoms with Crippen molar-refractivity contribution in [1.29, 1.82) is 0 Å². The van der Waals surface area contributed by atoms with Gasteiger partial charge in [0.15, 0.2) is 0 Å².